The second-order valence-electron chi connectivity index (χ2n) is 4.13. The summed E-state index contributed by atoms with van der Waals surface area (Å²) in [7, 11) is 1.56. The third kappa shape index (κ3) is 4.38. The van der Waals surface area contributed by atoms with Gasteiger partial charge in [0, 0.05) is 12.3 Å². The molecule has 0 saturated heterocycles. The van der Waals surface area contributed by atoms with Gasteiger partial charge in [-0.1, -0.05) is 49.0 Å². The first kappa shape index (κ1) is 14.6. The fraction of sp³-hybridized carbons (Fsp3) is 0.357. The summed E-state index contributed by atoms with van der Waals surface area (Å²) in [5, 5.41) is 3.82. The molecule has 1 N–H and O–H groups in total. The van der Waals surface area contributed by atoms with Gasteiger partial charge in [-0.25, -0.2) is 0 Å². The van der Waals surface area contributed by atoms with E-state index < -0.39 is 0 Å². The molecule has 0 spiro atoms. The molecule has 2 aromatic rings. The number of rotatable bonds is 7. The molecule has 1 aromatic carbocycles. The second-order valence-corrected chi connectivity index (χ2v) is 5.07. The Hall–Kier alpha value is -1.82. The van der Waals surface area contributed by atoms with E-state index in [4.69, 9.17) is 4.74 Å². The molecule has 5 nitrogen and oxygen atoms in total. The average molecular weight is 290 g/mol. The van der Waals surface area contributed by atoms with E-state index in [-0.39, 0.29) is 0 Å². The van der Waals surface area contributed by atoms with Crippen LogP contribution >= 0.6 is 11.8 Å². The van der Waals surface area contributed by atoms with Crippen molar-refractivity contribution in [3.05, 3.63) is 35.9 Å². The highest BCUT2D eigenvalue weighted by Crippen LogP contribution is 2.21. The summed E-state index contributed by atoms with van der Waals surface area (Å²) >= 11 is 1.57. The minimum absolute atomic E-state index is 0.342. The van der Waals surface area contributed by atoms with Gasteiger partial charge in [0.2, 0.25) is 5.95 Å². The van der Waals surface area contributed by atoms with Crippen LogP contribution in [0.25, 0.3) is 0 Å². The topological polar surface area (TPSA) is 59.9 Å². The summed E-state index contributed by atoms with van der Waals surface area (Å²) in [6, 6.07) is 10.6. The summed E-state index contributed by atoms with van der Waals surface area (Å²) < 4.78 is 5.11. The summed E-state index contributed by atoms with van der Waals surface area (Å²) in [5.41, 5.74) is 1.24. The lowest BCUT2D eigenvalue weighted by Crippen LogP contribution is -2.07. The lowest BCUT2D eigenvalue weighted by molar-refractivity contribution is 0.373. The van der Waals surface area contributed by atoms with E-state index in [1.807, 2.05) is 18.2 Å². The number of benzene rings is 1. The van der Waals surface area contributed by atoms with Crippen molar-refractivity contribution in [3.63, 3.8) is 0 Å². The number of anilines is 1. The molecule has 1 aromatic heterocycles. The molecule has 0 aliphatic rings. The maximum atomic E-state index is 5.11. The number of nitrogens with zero attached hydrogens (tertiary/aromatic N) is 3. The number of hydrogen-bond donors (Lipinski definition) is 1. The highest BCUT2D eigenvalue weighted by Gasteiger charge is 2.07. The summed E-state index contributed by atoms with van der Waals surface area (Å²) in [6.07, 6.45) is 1.01. The molecular formula is C14H18N4OS. The van der Waals surface area contributed by atoms with Gasteiger partial charge in [0.1, 0.15) is 0 Å². The van der Waals surface area contributed by atoms with Crippen molar-refractivity contribution in [1.29, 1.82) is 0 Å². The van der Waals surface area contributed by atoms with E-state index in [1.165, 1.54) is 5.56 Å². The van der Waals surface area contributed by atoms with E-state index in [0.717, 1.165) is 18.7 Å². The first-order chi connectivity index (χ1) is 9.81. The number of methoxy groups -OCH3 is 1. The molecule has 6 heteroatoms. The number of aromatic nitrogens is 3. The zero-order chi connectivity index (χ0) is 14.2. The first-order valence-corrected chi connectivity index (χ1v) is 7.51. The SMILES string of the molecule is CCCNc1nc(OC)nc(SCc2ccccc2)n1. The molecule has 0 fully saturated rings. The first-order valence-electron chi connectivity index (χ1n) is 6.52. The Morgan fingerprint density at radius 1 is 1.15 bits per heavy atom. The van der Waals surface area contributed by atoms with Crippen molar-refractivity contribution in [3.8, 4) is 6.01 Å². The predicted molar refractivity (Wildman–Crippen MR) is 81.2 cm³/mol. The standard InChI is InChI=1S/C14H18N4OS/c1-3-9-15-12-16-13(19-2)18-14(17-12)20-10-11-7-5-4-6-8-11/h4-8H,3,9-10H2,1-2H3,(H,15,16,17,18). The minimum atomic E-state index is 0.342. The zero-order valence-electron chi connectivity index (χ0n) is 11.7. The molecule has 20 heavy (non-hydrogen) atoms. The van der Waals surface area contributed by atoms with Crippen LogP contribution in [0.15, 0.2) is 35.5 Å². The van der Waals surface area contributed by atoms with Gasteiger partial charge in [-0.2, -0.15) is 15.0 Å². The Labute approximate surface area is 123 Å². The van der Waals surface area contributed by atoms with Gasteiger partial charge in [-0.3, -0.25) is 0 Å². The van der Waals surface area contributed by atoms with Crippen molar-refractivity contribution in [2.24, 2.45) is 0 Å². The Bertz CT molecular complexity index is 536. The second kappa shape index (κ2) is 7.69. The molecule has 0 unspecified atom stereocenters. The van der Waals surface area contributed by atoms with Gasteiger partial charge in [-0.15, -0.1) is 0 Å². The van der Waals surface area contributed by atoms with Crippen LogP contribution in [0.4, 0.5) is 5.95 Å². The van der Waals surface area contributed by atoms with Crippen molar-refractivity contribution in [2.45, 2.75) is 24.3 Å². The fourth-order valence-corrected chi connectivity index (χ4v) is 2.31. The zero-order valence-corrected chi connectivity index (χ0v) is 12.5. The molecule has 0 bridgehead atoms. The summed E-state index contributed by atoms with van der Waals surface area (Å²) in [5.74, 6) is 1.38. The smallest absolute Gasteiger partial charge is 0.321 e. The van der Waals surface area contributed by atoms with Gasteiger partial charge >= 0.3 is 6.01 Å². The third-order valence-corrected chi connectivity index (χ3v) is 3.44. The van der Waals surface area contributed by atoms with Crippen molar-refractivity contribution >= 4 is 17.7 Å². The maximum Gasteiger partial charge on any atom is 0.321 e. The van der Waals surface area contributed by atoms with Crippen molar-refractivity contribution in [1.82, 2.24) is 15.0 Å². The van der Waals surface area contributed by atoms with Crippen LogP contribution in [0.3, 0.4) is 0 Å². The van der Waals surface area contributed by atoms with Crippen LogP contribution in [-0.2, 0) is 5.75 Å². The van der Waals surface area contributed by atoms with Gasteiger partial charge in [0.25, 0.3) is 0 Å². The molecule has 0 amide bonds. The van der Waals surface area contributed by atoms with E-state index in [0.29, 0.717) is 17.1 Å². The van der Waals surface area contributed by atoms with Crippen LogP contribution in [-0.4, -0.2) is 28.6 Å². The van der Waals surface area contributed by atoms with E-state index >= 15 is 0 Å². The number of ether oxygens (including phenoxy) is 1. The van der Waals surface area contributed by atoms with E-state index in [2.05, 4.69) is 39.3 Å². The maximum absolute atomic E-state index is 5.11. The van der Waals surface area contributed by atoms with Gasteiger partial charge in [-0.05, 0) is 12.0 Å². The normalized spacial score (nSPS) is 10.3. The molecule has 0 aliphatic carbocycles. The molecule has 0 radical (unpaired) electrons. The van der Waals surface area contributed by atoms with Gasteiger partial charge in [0.15, 0.2) is 5.16 Å². The molecule has 0 atom stereocenters. The Kier molecular flexibility index (Phi) is 5.61. The Morgan fingerprint density at radius 2 is 1.95 bits per heavy atom. The quantitative estimate of drug-likeness (QED) is 0.791. The van der Waals surface area contributed by atoms with Crippen LogP contribution in [0.1, 0.15) is 18.9 Å². The summed E-state index contributed by atoms with van der Waals surface area (Å²) in [6.45, 7) is 2.92. The largest absolute Gasteiger partial charge is 0.467 e. The third-order valence-electron chi connectivity index (χ3n) is 2.52. The highest BCUT2D eigenvalue weighted by molar-refractivity contribution is 7.98. The lowest BCUT2D eigenvalue weighted by Gasteiger charge is -2.07. The van der Waals surface area contributed by atoms with Crippen molar-refractivity contribution < 1.29 is 4.74 Å². The van der Waals surface area contributed by atoms with Crippen molar-refractivity contribution in [2.75, 3.05) is 19.0 Å². The number of nitrogens with one attached hydrogen (secondary N) is 1. The predicted octanol–water partition coefficient (Wildman–Crippen LogP) is 2.99. The number of hydrogen-bond acceptors (Lipinski definition) is 6. The highest BCUT2D eigenvalue weighted by atomic mass is 32.2. The summed E-state index contributed by atoms with van der Waals surface area (Å²) in [4.78, 5) is 12.8. The average Bonchev–Trinajstić information content (AvgIpc) is 2.51. The Morgan fingerprint density at radius 3 is 2.65 bits per heavy atom. The molecule has 0 saturated carbocycles. The molecule has 106 valence electrons. The number of thioether (sulfide) groups is 1. The lowest BCUT2D eigenvalue weighted by atomic mass is 10.2. The van der Waals surface area contributed by atoms with E-state index in [9.17, 15) is 0 Å². The monoisotopic (exact) mass is 290 g/mol. The molecular weight excluding hydrogens is 272 g/mol. The Balaban J connectivity index is 2.06. The molecule has 0 aliphatic heterocycles. The van der Waals surface area contributed by atoms with Gasteiger partial charge in [0.05, 0.1) is 7.11 Å². The van der Waals surface area contributed by atoms with Gasteiger partial charge < -0.3 is 10.1 Å². The fourth-order valence-electron chi connectivity index (χ4n) is 1.53. The van der Waals surface area contributed by atoms with Crippen LogP contribution in [0, 0.1) is 0 Å². The van der Waals surface area contributed by atoms with Crippen LogP contribution in [0.5, 0.6) is 6.01 Å². The van der Waals surface area contributed by atoms with Crippen LogP contribution < -0.4 is 10.1 Å². The van der Waals surface area contributed by atoms with Crippen LogP contribution in [0.2, 0.25) is 0 Å². The minimum Gasteiger partial charge on any atom is -0.467 e. The molecule has 2 rings (SSSR count). The molecule has 1 heterocycles. The van der Waals surface area contributed by atoms with E-state index in [1.54, 1.807) is 18.9 Å².